The number of hydrogen-bond donors (Lipinski definition) is 0. The van der Waals surface area contributed by atoms with Gasteiger partial charge in [0.25, 0.3) is 5.91 Å². The normalized spacial score (nSPS) is 10.2. The van der Waals surface area contributed by atoms with Crippen molar-refractivity contribution in [2.75, 3.05) is 6.54 Å². The van der Waals surface area contributed by atoms with Gasteiger partial charge in [0.15, 0.2) is 0 Å². The van der Waals surface area contributed by atoms with Gasteiger partial charge >= 0.3 is 0 Å². The number of rotatable bonds is 4. The zero-order chi connectivity index (χ0) is 15.4. The number of halogens is 2. The molecule has 0 N–H and O–H groups in total. The smallest absolute Gasteiger partial charge is 0.259 e. The van der Waals surface area contributed by atoms with E-state index in [2.05, 4.69) is 50.1 Å². The van der Waals surface area contributed by atoms with E-state index >= 15 is 0 Å². The molecule has 21 heavy (non-hydrogen) atoms. The third kappa shape index (κ3) is 3.71. The number of nitrogens with zero attached hydrogens (tertiary/aromatic N) is 2. The van der Waals surface area contributed by atoms with Crippen LogP contribution in [0.25, 0.3) is 5.70 Å². The first kappa shape index (κ1) is 16.2. The summed E-state index contributed by atoms with van der Waals surface area (Å²) in [5.74, 6) is -0.0509. The fourth-order valence-corrected chi connectivity index (χ4v) is 2.89. The van der Waals surface area contributed by atoms with Crippen LogP contribution in [0.5, 0.6) is 0 Å². The predicted molar refractivity (Wildman–Crippen MR) is 96.8 cm³/mol. The molecule has 0 aliphatic rings. The zero-order valence-electron chi connectivity index (χ0n) is 11.5. The highest BCUT2D eigenvalue weighted by Crippen LogP contribution is 2.24. The quantitative estimate of drug-likeness (QED) is 0.631. The monoisotopic (exact) mass is 456 g/mol. The summed E-state index contributed by atoms with van der Waals surface area (Å²) in [6.45, 7) is 6.56. The highest BCUT2D eigenvalue weighted by molar-refractivity contribution is 14.1. The molecule has 1 aromatic heterocycles. The average molecular weight is 457 g/mol. The molecule has 0 bridgehead atoms. The van der Waals surface area contributed by atoms with E-state index in [1.807, 2.05) is 37.3 Å². The molecule has 2 aromatic rings. The lowest BCUT2D eigenvalue weighted by Crippen LogP contribution is -2.29. The maximum Gasteiger partial charge on any atom is 0.259 e. The van der Waals surface area contributed by atoms with Gasteiger partial charge in [-0.05, 0) is 59.8 Å². The number of hydrogen-bond acceptors (Lipinski definition) is 2. The minimum atomic E-state index is -0.0509. The molecule has 2 rings (SSSR count). The molecule has 0 aliphatic heterocycles. The summed E-state index contributed by atoms with van der Waals surface area (Å²) < 4.78 is 1.80. The van der Waals surface area contributed by atoms with Crippen LogP contribution in [0.1, 0.15) is 22.8 Å². The van der Waals surface area contributed by atoms with Gasteiger partial charge in [-0.2, -0.15) is 0 Å². The number of aromatic nitrogens is 1. The predicted octanol–water partition coefficient (Wildman–Crippen LogP) is 4.58. The highest BCUT2D eigenvalue weighted by Gasteiger charge is 2.20. The maximum atomic E-state index is 12.8. The molecular formula is C16H14BrIN2O. The molecule has 0 atom stereocenters. The van der Waals surface area contributed by atoms with Crippen molar-refractivity contribution in [2.24, 2.45) is 0 Å². The summed E-state index contributed by atoms with van der Waals surface area (Å²) in [7, 11) is 0. The molecular weight excluding hydrogens is 443 g/mol. The summed E-state index contributed by atoms with van der Waals surface area (Å²) in [6, 6.07) is 9.38. The van der Waals surface area contributed by atoms with Crippen LogP contribution in [0.4, 0.5) is 0 Å². The fraction of sp³-hybridized carbons (Fsp3) is 0.125. The van der Waals surface area contributed by atoms with Gasteiger partial charge in [-0.1, -0.05) is 22.5 Å². The second-order valence-corrected chi connectivity index (χ2v) is 6.43. The Labute approximate surface area is 146 Å². The number of carbonyl (C=O) groups is 1. The van der Waals surface area contributed by atoms with Gasteiger partial charge in [-0.15, -0.1) is 0 Å². The van der Waals surface area contributed by atoms with Crippen molar-refractivity contribution in [2.45, 2.75) is 6.92 Å². The standard InChI is InChI=1S/C16H14BrIN2O/c1-3-20(11(2)12-6-8-19-9-7-12)16(21)14-10-13(17)4-5-15(14)18/h4-10H,2-3H2,1H3. The molecule has 0 fully saturated rings. The van der Waals surface area contributed by atoms with Crippen molar-refractivity contribution in [3.05, 3.63) is 68.5 Å². The Bertz CT molecular complexity index is 673. The molecule has 3 nitrogen and oxygen atoms in total. The SMILES string of the molecule is C=C(c1ccncc1)N(CC)C(=O)c1cc(Br)ccc1I. The first-order valence-electron chi connectivity index (χ1n) is 6.40. The van der Waals surface area contributed by atoms with Gasteiger partial charge in [0.2, 0.25) is 0 Å². The molecule has 0 saturated carbocycles. The molecule has 1 amide bonds. The molecule has 1 aromatic carbocycles. The number of carbonyl (C=O) groups excluding carboxylic acids is 1. The minimum absolute atomic E-state index is 0.0509. The van der Waals surface area contributed by atoms with Crippen molar-refractivity contribution >= 4 is 50.1 Å². The lowest BCUT2D eigenvalue weighted by Gasteiger charge is -2.24. The van der Waals surface area contributed by atoms with Gasteiger partial charge in [0, 0.05) is 38.2 Å². The molecule has 108 valence electrons. The molecule has 5 heteroatoms. The van der Waals surface area contributed by atoms with Gasteiger partial charge in [0.1, 0.15) is 0 Å². The fourth-order valence-electron chi connectivity index (χ4n) is 1.96. The molecule has 1 heterocycles. The van der Waals surface area contributed by atoms with Gasteiger partial charge in [0.05, 0.1) is 5.56 Å². The van der Waals surface area contributed by atoms with E-state index in [4.69, 9.17) is 0 Å². The Hall–Kier alpha value is -1.21. The number of benzene rings is 1. The van der Waals surface area contributed by atoms with Crippen LogP contribution in [-0.2, 0) is 0 Å². The highest BCUT2D eigenvalue weighted by atomic mass is 127. The van der Waals surface area contributed by atoms with E-state index in [9.17, 15) is 4.79 Å². The van der Waals surface area contributed by atoms with Crippen LogP contribution in [0.2, 0.25) is 0 Å². The number of amides is 1. The van der Waals surface area contributed by atoms with Crippen molar-refractivity contribution in [1.29, 1.82) is 0 Å². The largest absolute Gasteiger partial charge is 0.309 e. The lowest BCUT2D eigenvalue weighted by atomic mass is 10.1. The van der Waals surface area contributed by atoms with E-state index < -0.39 is 0 Å². The summed E-state index contributed by atoms with van der Waals surface area (Å²) in [5, 5.41) is 0. The Morgan fingerprint density at radius 2 is 2.00 bits per heavy atom. The summed E-state index contributed by atoms with van der Waals surface area (Å²) in [6.07, 6.45) is 3.39. The van der Waals surface area contributed by atoms with E-state index in [0.29, 0.717) is 17.8 Å². The summed E-state index contributed by atoms with van der Waals surface area (Å²) in [4.78, 5) is 18.5. The van der Waals surface area contributed by atoms with Crippen LogP contribution < -0.4 is 0 Å². The van der Waals surface area contributed by atoms with Gasteiger partial charge in [-0.25, -0.2) is 0 Å². The lowest BCUT2D eigenvalue weighted by molar-refractivity contribution is 0.0840. The minimum Gasteiger partial charge on any atom is -0.309 e. The molecule has 0 aliphatic carbocycles. The van der Waals surface area contributed by atoms with Gasteiger partial charge < -0.3 is 4.90 Å². The Kier molecular flexibility index (Phi) is 5.52. The summed E-state index contributed by atoms with van der Waals surface area (Å²) >= 11 is 5.58. The first-order valence-corrected chi connectivity index (χ1v) is 8.28. The van der Waals surface area contributed by atoms with Crippen molar-refractivity contribution < 1.29 is 4.79 Å². The zero-order valence-corrected chi connectivity index (χ0v) is 15.3. The van der Waals surface area contributed by atoms with Crippen LogP contribution in [0, 0.1) is 3.57 Å². The molecule has 0 saturated heterocycles. The summed E-state index contributed by atoms with van der Waals surface area (Å²) in [5.41, 5.74) is 2.24. The van der Waals surface area contributed by atoms with Crippen LogP contribution >= 0.6 is 38.5 Å². The average Bonchev–Trinajstić information content (AvgIpc) is 2.51. The van der Waals surface area contributed by atoms with E-state index in [-0.39, 0.29) is 5.91 Å². The Balaban J connectivity index is 2.35. The first-order chi connectivity index (χ1) is 10.0. The second kappa shape index (κ2) is 7.17. The third-order valence-electron chi connectivity index (χ3n) is 3.06. The molecule has 0 radical (unpaired) electrons. The van der Waals surface area contributed by atoms with Gasteiger partial charge in [-0.3, -0.25) is 9.78 Å². The van der Waals surface area contributed by atoms with E-state index in [1.165, 1.54) is 0 Å². The van der Waals surface area contributed by atoms with E-state index in [0.717, 1.165) is 13.6 Å². The maximum absolute atomic E-state index is 12.8. The number of pyridine rings is 1. The van der Waals surface area contributed by atoms with Crippen LogP contribution in [0.15, 0.2) is 53.8 Å². The third-order valence-corrected chi connectivity index (χ3v) is 4.49. The van der Waals surface area contributed by atoms with Crippen molar-refractivity contribution in [3.63, 3.8) is 0 Å². The van der Waals surface area contributed by atoms with E-state index in [1.54, 1.807) is 17.3 Å². The van der Waals surface area contributed by atoms with Crippen LogP contribution in [-0.4, -0.2) is 22.3 Å². The topological polar surface area (TPSA) is 33.2 Å². The van der Waals surface area contributed by atoms with Crippen molar-refractivity contribution in [1.82, 2.24) is 9.88 Å². The van der Waals surface area contributed by atoms with Crippen molar-refractivity contribution in [3.8, 4) is 0 Å². The molecule has 0 unspecified atom stereocenters. The molecule has 0 spiro atoms. The Morgan fingerprint density at radius 3 is 2.62 bits per heavy atom. The Morgan fingerprint density at radius 1 is 1.33 bits per heavy atom. The van der Waals surface area contributed by atoms with Crippen LogP contribution in [0.3, 0.4) is 0 Å². The second-order valence-electron chi connectivity index (χ2n) is 4.36.